The minimum absolute atomic E-state index is 0.124. The van der Waals surface area contributed by atoms with Crippen LogP contribution in [0.1, 0.15) is 0 Å². The number of thiophene rings is 2. The van der Waals surface area contributed by atoms with Crippen LogP contribution in [-0.2, 0) is 0 Å². The molecule has 338 valence electrons. The van der Waals surface area contributed by atoms with Crippen molar-refractivity contribution >= 4 is 90.5 Å². The zero-order valence-corrected chi connectivity index (χ0v) is 42.8. The first kappa shape index (κ1) is 42.9. The molecule has 0 spiro atoms. The molecule has 0 unspecified atom stereocenters. The molecule has 72 heavy (non-hydrogen) atoms. The van der Waals surface area contributed by atoms with E-state index in [1.807, 2.05) is 145 Å². The van der Waals surface area contributed by atoms with Crippen molar-refractivity contribution in [1.82, 2.24) is 44.9 Å². The van der Waals surface area contributed by atoms with Gasteiger partial charge in [0.25, 0.3) is 0 Å². The van der Waals surface area contributed by atoms with Crippen molar-refractivity contribution in [3.8, 4) is 99.6 Å². The second kappa shape index (κ2) is 18.0. The summed E-state index contributed by atoms with van der Waals surface area (Å²) in [5.74, 6) is 5.94. The van der Waals surface area contributed by atoms with Gasteiger partial charge in [0.2, 0.25) is 0 Å². The molecule has 13 heteroatoms. The van der Waals surface area contributed by atoms with E-state index in [1.165, 1.54) is 38.8 Å². The van der Waals surface area contributed by atoms with Gasteiger partial charge in [0, 0.05) is 0 Å². The monoisotopic (exact) mass is 1090 g/mol. The molecule has 7 heterocycles. The van der Waals surface area contributed by atoms with E-state index >= 15 is 0 Å². The van der Waals surface area contributed by atoms with E-state index in [9.17, 15) is 0 Å². The van der Waals surface area contributed by atoms with Crippen molar-refractivity contribution in [1.29, 1.82) is 0 Å². The van der Waals surface area contributed by atoms with Gasteiger partial charge in [-0.25, -0.2) is 0 Å². The third-order valence-corrected chi connectivity index (χ3v) is 20.2. The number of aromatic nitrogens is 9. The summed E-state index contributed by atoms with van der Waals surface area (Å²) >= 11 is 3.30. The molecule has 0 N–H and O–H groups in total. The van der Waals surface area contributed by atoms with E-state index in [0.29, 0.717) is 52.4 Å². The van der Waals surface area contributed by atoms with Gasteiger partial charge >= 0.3 is 423 Å². The van der Waals surface area contributed by atoms with Gasteiger partial charge in [-0.05, 0) is 0 Å². The predicted octanol–water partition coefficient (Wildman–Crippen LogP) is 14.1. The number of rotatable bonds is 9. The molecule has 0 aliphatic heterocycles. The third kappa shape index (κ3) is 7.80. The Morgan fingerprint density at radius 2 is 0.583 bits per heavy atom. The Kier molecular flexibility index (Phi) is 10.7. The second-order valence-corrected chi connectivity index (χ2v) is 23.5. The van der Waals surface area contributed by atoms with Gasteiger partial charge in [-0.15, -0.1) is 0 Å². The summed E-state index contributed by atoms with van der Waals surface area (Å²) in [7, 11) is 0. The van der Waals surface area contributed by atoms with Crippen molar-refractivity contribution < 1.29 is 0 Å². The molecule has 7 aromatic heterocycles. The number of hydrogen-bond acceptors (Lipinski definition) is 11. The van der Waals surface area contributed by atoms with Gasteiger partial charge in [-0.3, -0.25) is 0 Å². The molecule has 0 aliphatic carbocycles. The van der Waals surface area contributed by atoms with Gasteiger partial charge in [0.05, 0.1) is 0 Å². The standard InChI is InChI=1S/C59H33N9S2Se2/c1-7-19-34(20-8-1)51-60-52(35-21-9-2-10-22-35)64-57(63-51)43-33-42-48(70-43)46-40-31-44(58-65-53(36-23-11-3-12-24-36)61-54(66-58)37-25-13-4-14-26-37)71-49(40)50-41(47(46)69-42)32-45(72-50)59-67-55(38-27-15-5-16-28-38)62-56(68-59)39-29-17-6-18-30-39/h1-33H. The molecule has 0 saturated heterocycles. The topological polar surface area (TPSA) is 116 Å². The summed E-state index contributed by atoms with van der Waals surface area (Å²) in [6.07, 6.45) is 0. The van der Waals surface area contributed by atoms with Crippen LogP contribution >= 0.6 is 22.7 Å². The van der Waals surface area contributed by atoms with Crippen LogP contribution in [0.2, 0.25) is 0 Å². The van der Waals surface area contributed by atoms with Crippen molar-refractivity contribution in [2.75, 3.05) is 0 Å². The number of hydrogen-bond donors (Lipinski definition) is 0. The zero-order valence-electron chi connectivity index (χ0n) is 37.7. The quantitative estimate of drug-likeness (QED) is 0.130. The van der Waals surface area contributed by atoms with Crippen LogP contribution in [0.5, 0.6) is 0 Å². The summed E-state index contributed by atoms with van der Waals surface area (Å²) < 4.78 is 8.58. The first-order chi connectivity index (χ1) is 35.6. The van der Waals surface area contributed by atoms with E-state index in [1.54, 1.807) is 11.3 Å². The summed E-state index contributed by atoms with van der Waals surface area (Å²) in [6, 6.07) is 68.1. The fourth-order valence-corrected chi connectivity index (χ4v) is 17.0. The second-order valence-electron chi connectivity index (χ2n) is 16.9. The molecule has 14 aromatic rings. The van der Waals surface area contributed by atoms with E-state index < -0.39 is 0 Å². The molecular formula is C59H33N9S2Se2. The third-order valence-electron chi connectivity index (χ3n) is 12.3. The first-order valence-electron chi connectivity index (χ1n) is 23.1. The Labute approximate surface area is 431 Å². The van der Waals surface area contributed by atoms with E-state index in [-0.39, 0.29) is 29.0 Å². The molecular weight excluding hydrogens is 1060 g/mol. The molecule has 0 fully saturated rings. The van der Waals surface area contributed by atoms with Crippen molar-refractivity contribution in [3.63, 3.8) is 0 Å². The van der Waals surface area contributed by atoms with Crippen LogP contribution in [0.15, 0.2) is 200 Å². The average Bonchev–Trinajstić information content (AvgIpc) is 4.28. The summed E-state index contributed by atoms with van der Waals surface area (Å²) in [5, 5.41) is 3.71. The Balaban J connectivity index is 1.01. The van der Waals surface area contributed by atoms with E-state index in [0.717, 1.165) is 47.1 Å². The minimum atomic E-state index is -0.150. The summed E-state index contributed by atoms with van der Waals surface area (Å²) in [5.41, 5.74) is 5.66. The van der Waals surface area contributed by atoms with Crippen LogP contribution in [0.4, 0.5) is 0 Å². The van der Waals surface area contributed by atoms with Gasteiger partial charge in [-0.1, -0.05) is 12.1 Å². The van der Waals surface area contributed by atoms with Gasteiger partial charge < -0.3 is 0 Å². The first-order valence-corrected chi connectivity index (χ1v) is 28.2. The van der Waals surface area contributed by atoms with Gasteiger partial charge in [0.15, 0.2) is 0 Å². The van der Waals surface area contributed by atoms with Crippen LogP contribution in [0.3, 0.4) is 0 Å². The SMILES string of the molecule is c1ccc(-c2nc(-c3ccccc3)nc(-c3cc4sc5c6cc(-c7nc(-c8ccccc8)nc(-c8ccccc8)n7)[se]c6c6[se]c(-c7nc(-c8ccccc8)nc(-c8ccccc8)n7)cc6c5c4s3)n2)cc1. The number of benzene rings is 7. The van der Waals surface area contributed by atoms with E-state index in [2.05, 4.69) is 66.7 Å². The van der Waals surface area contributed by atoms with Crippen LogP contribution in [-0.4, -0.2) is 73.9 Å². The fourth-order valence-electron chi connectivity index (χ4n) is 8.88. The Bertz CT molecular complexity index is 4140. The Hall–Kier alpha value is -7.99. The molecule has 14 rings (SSSR count). The molecule has 0 atom stereocenters. The fraction of sp³-hybridized carbons (Fsp3) is 0. The summed E-state index contributed by atoms with van der Waals surface area (Å²) in [4.78, 5) is 47.2. The predicted molar refractivity (Wildman–Crippen MR) is 295 cm³/mol. The number of nitrogens with zero attached hydrogens (tertiary/aromatic N) is 9. The van der Waals surface area contributed by atoms with Crippen molar-refractivity contribution in [2.24, 2.45) is 0 Å². The summed E-state index contributed by atoms with van der Waals surface area (Å²) in [6.45, 7) is 0. The van der Waals surface area contributed by atoms with Gasteiger partial charge in [-0.2, -0.15) is 0 Å². The average molecular weight is 1090 g/mol. The molecule has 0 bridgehead atoms. The molecule has 9 nitrogen and oxygen atoms in total. The molecule has 0 aliphatic rings. The maximum atomic E-state index is 5.24. The van der Waals surface area contributed by atoms with Crippen LogP contribution in [0, 0.1) is 0 Å². The number of fused-ring (bicyclic) bond motifs is 8. The van der Waals surface area contributed by atoms with Crippen LogP contribution < -0.4 is 0 Å². The van der Waals surface area contributed by atoms with Gasteiger partial charge in [0.1, 0.15) is 0 Å². The molecule has 0 radical (unpaired) electrons. The van der Waals surface area contributed by atoms with Crippen molar-refractivity contribution in [3.05, 3.63) is 200 Å². The maximum absolute atomic E-state index is 5.24. The molecule has 0 saturated carbocycles. The normalized spacial score (nSPS) is 11.6. The van der Waals surface area contributed by atoms with E-state index in [4.69, 9.17) is 44.9 Å². The zero-order chi connectivity index (χ0) is 47.5. The Morgan fingerprint density at radius 3 is 0.944 bits per heavy atom. The Morgan fingerprint density at radius 1 is 0.278 bits per heavy atom. The van der Waals surface area contributed by atoms with Crippen molar-refractivity contribution in [2.45, 2.75) is 0 Å². The van der Waals surface area contributed by atoms with Crippen LogP contribution in [0.25, 0.3) is 138 Å². The molecule has 0 amide bonds. The molecule has 7 aromatic carbocycles.